The molecule has 3 heteroatoms. The Bertz CT molecular complexity index is 641. The van der Waals surface area contributed by atoms with E-state index < -0.39 is 11.2 Å². The van der Waals surface area contributed by atoms with Crippen molar-refractivity contribution < 1.29 is 14.3 Å². The SMILES string of the molecule is O=C1CC2(CCC(c3ccccc3)(c3ccccc3)O2)CO1. The minimum Gasteiger partial charge on any atom is -0.463 e. The van der Waals surface area contributed by atoms with Gasteiger partial charge in [0, 0.05) is 0 Å². The number of hydrogen-bond donors (Lipinski definition) is 0. The van der Waals surface area contributed by atoms with E-state index in [1.807, 2.05) is 36.4 Å². The molecule has 4 rings (SSSR count). The zero-order chi connectivity index (χ0) is 15.0. The summed E-state index contributed by atoms with van der Waals surface area (Å²) < 4.78 is 11.8. The molecule has 2 saturated heterocycles. The molecule has 22 heavy (non-hydrogen) atoms. The van der Waals surface area contributed by atoms with Gasteiger partial charge in [-0.15, -0.1) is 0 Å². The maximum Gasteiger partial charge on any atom is 0.308 e. The van der Waals surface area contributed by atoms with Crippen LogP contribution in [0.25, 0.3) is 0 Å². The third-order valence-electron chi connectivity index (χ3n) is 4.77. The van der Waals surface area contributed by atoms with Crippen LogP contribution in [-0.2, 0) is 19.9 Å². The van der Waals surface area contributed by atoms with Crippen LogP contribution < -0.4 is 0 Å². The molecule has 0 saturated carbocycles. The molecule has 3 nitrogen and oxygen atoms in total. The number of ether oxygens (including phenoxy) is 2. The predicted octanol–water partition coefficient (Wildman–Crippen LogP) is 3.43. The summed E-state index contributed by atoms with van der Waals surface area (Å²) in [6, 6.07) is 20.6. The molecule has 0 aromatic heterocycles. The standard InChI is InChI=1S/C19H18O3/c20-17-13-18(14-21-17)11-12-19(22-18,15-7-3-1-4-8-15)16-9-5-2-6-10-16/h1-10H,11-14H2. The van der Waals surface area contributed by atoms with Crippen molar-refractivity contribution in [3.05, 3.63) is 71.8 Å². The van der Waals surface area contributed by atoms with Crippen molar-refractivity contribution in [3.8, 4) is 0 Å². The summed E-state index contributed by atoms with van der Waals surface area (Å²) in [4.78, 5) is 11.6. The van der Waals surface area contributed by atoms with Crippen LogP contribution in [0.4, 0.5) is 0 Å². The van der Waals surface area contributed by atoms with Crippen LogP contribution in [0.2, 0.25) is 0 Å². The molecule has 1 unspecified atom stereocenters. The lowest BCUT2D eigenvalue weighted by Crippen LogP contribution is -2.35. The van der Waals surface area contributed by atoms with E-state index in [2.05, 4.69) is 24.3 Å². The summed E-state index contributed by atoms with van der Waals surface area (Å²) in [6.45, 7) is 0.368. The van der Waals surface area contributed by atoms with Crippen molar-refractivity contribution >= 4 is 5.97 Å². The summed E-state index contributed by atoms with van der Waals surface area (Å²) in [7, 11) is 0. The van der Waals surface area contributed by atoms with Crippen molar-refractivity contribution in [1.82, 2.24) is 0 Å². The fourth-order valence-electron chi connectivity index (χ4n) is 3.67. The van der Waals surface area contributed by atoms with Crippen molar-refractivity contribution in [1.29, 1.82) is 0 Å². The van der Waals surface area contributed by atoms with Gasteiger partial charge in [-0.3, -0.25) is 4.79 Å². The molecule has 0 radical (unpaired) electrons. The molecule has 0 N–H and O–H groups in total. The lowest BCUT2D eigenvalue weighted by Gasteiger charge is -2.33. The molecule has 2 aromatic rings. The molecular weight excluding hydrogens is 276 g/mol. The fraction of sp³-hybridized carbons (Fsp3) is 0.316. The first-order chi connectivity index (χ1) is 10.7. The second kappa shape index (κ2) is 4.96. The first kappa shape index (κ1) is 13.5. The van der Waals surface area contributed by atoms with Gasteiger partial charge in [0.1, 0.15) is 17.8 Å². The van der Waals surface area contributed by atoms with Gasteiger partial charge in [0.05, 0.1) is 6.42 Å². The van der Waals surface area contributed by atoms with E-state index in [1.54, 1.807) is 0 Å². The molecular formula is C19H18O3. The van der Waals surface area contributed by atoms with Crippen LogP contribution in [0.3, 0.4) is 0 Å². The average Bonchev–Trinajstić information content (AvgIpc) is 3.14. The van der Waals surface area contributed by atoms with E-state index >= 15 is 0 Å². The lowest BCUT2D eigenvalue weighted by atomic mass is 9.83. The van der Waals surface area contributed by atoms with Gasteiger partial charge < -0.3 is 9.47 Å². The van der Waals surface area contributed by atoms with E-state index in [-0.39, 0.29) is 5.97 Å². The Morgan fingerprint density at radius 1 is 0.818 bits per heavy atom. The molecule has 0 amide bonds. The Morgan fingerprint density at radius 2 is 1.41 bits per heavy atom. The number of cyclic esters (lactones) is 1. The van der Waals surface area contributed by atoms with Crippen molar-refractivity contribution in [2.75, 3.05) is 6.61 Å². The topological polar surface area (TPSA) is 35.5 Å². The number of benzene rings is 2. The fourth-order valence-corrected chi connectivity index (χ4v) is 3.67. The van der Waals surface area contributed by atoms with Crippen LogP contribution in [0.1, 0.15) is 30.4 Å². The van der Waals surface area contributed by atoms with E-state index in [0.29, 0.717) is 13.0 Å². The minimum absolute atomic E-state index is 0.156. The van der Waals surface area contributed by atoms with Crippen LogP contribution >= 0.6 is 0 Å². The highest BCUT2D eigenvalue weighted by Gasteiger charge is 2.55. The van der Waals surface area contributed by atoms with Gasteiger partial charge in [0.15, 0.2) is 0 Å². The quantitative estimate of drug-likeness (QED) is 0.796. The van der Waals surface area contributed by atoms with Crippen LogP contribution in [0.5, 0.6) is 0 Å². The van der Waals surface area contributed by atoms with E-state index in [0.717, 1.165) is 24.0 Å². The summed E-state index contributed by atoms with van der Waals surface area (Å²) in [6.07, 6.45) is 2.05. The third kappa shape index (κ3) is 2.04. The second-order valence-electron chi connectivity index (χ2n) is 6.18. The number of carbonyl (C=O) groups is 1. The number of esters is 1. The number of carbonyl (C=O) groups excluding carboxylic acids is 1. The maximum atomic E-state index is 11.6. The van der Waals surface area contributed by atoms with Crippen LogP contribution in [0, 0.1) is 0 Å². The molecule has 0 aliphatic carbocycles. The number of rotatable bonds is 2. The first-order valence-electron chi connectivity index (χ1n) is 7.69. The Hall–Kier alpha value is -2.13. The Morgan fingerprint density at radius 3 is 1.91 bits per heavy atom. The zero-order valence-electron chi connectivity index (χ0n) is 12.3. The summed E-state index contributed by atoms with van der Waals surface area (Å²) in [5.74, 6) is -0.156. The molecule has 0 bridgehead atoms. The maximum absolute atomic E-state index is 11.6. The molecule has 2 aliphatic heterocycles. The summed E-state index contributed by atoms with van der Waals surface area (Å²) in [5.41, 5.74) is 1.31. The highest BCUT2D eigenvalue weighted by molar-refractivity contribution is 5.73. The lowest BCUT2D eigenvalue weighted by molar-refractivity contribution is -0.138. The van der Waals surface area contributed by atoms with E-state index in [9.17, 15) is 4.79 Å². The van der Waals surface area contributed by atoms with Crippen LogP contribution in [0.15, 0.2) is 60.7 Å². The molecule has 2 fully saturated rings. The average molecular weight is 294 g/mol. The largest absolute Gasteiger partial charge is 0.463 e. The van der Waals surface area contributed by atoms with Crippen molar-refractivity contribution in [2.24, 2.45) is 0 Å². The third-order valence-corrected chi connectivity index (χ3v) is 4.77. The summed E-state index contributed by atoms with van der Waals surface area (Å²) in [5, 5.41) is 0. The van der Waals surface area contributed by atoms with Gasteiger partial charge in [-0.25, -0.2) is 0 Å². The predicted molar refractivity (Wildman–Crippen MR) is 82.3 cm³/mol. The Labute approximate surface area is 129 Å². The summed E-state index contributed by atoms with van der Waals surface area (Å²) >= 11 is 0. The van der Waals surface area contributed by atoms with Gasteiger partial charge in [-0.2, -0.15) is 0 Å². The van der Waals surface area contributed by atoms with Gasteiger partial charge in [-0.1, -0.05) is 60.7 Å². The smallest absolute Gasteiger partial charge is 0.308 e. The van der Waals surface area contributed by atoms with Gasteiger partial charge in [-0.05, 0) is 24.0 Å². The molecule has 1 spiro atoms. The Balaban J connectivity index is 1.80. The number of hydrogen-bond acceptors (Lipinski definition) is 3. The highest BCUT2D eigenvalue weighted by Crippen LogP contribution is 2.51. The van der Waals surface area contributed by atoms with Crippen molar-refractivity contribution in [3.63, 3.8) is 0 Å². The minimum atomic E-state index is -0.490. The van der Waals surface area contributed by atoms with Gasteiger partial charge in [0.25, 0.3) is 0 Å². The van der Waals surface area contributed by atoms with Crippen LogP contribution in [-0.4, -0.2) is 18.2 Å². The molecule has 112 valence electrons. The second-order valence-corrected chi connectivity index (χ2v) is 6.18. The molecule has 2 aliphatic rings. The zero-order valence-corrected chi connectivity index (χ0v) is 12.3. The van der Waals surface area contributed by atoms with Gasteiger partial charge >= 0.3 is 5.97 Å². The highest BCUT2D eigenvalue weighted by atomic mass is 16.6. The monoisotopic (exact) mass is 294 g/mol. The molecule has 1 atom stereocenters. The van der Waals surface area contributed by atoms with E-state index in [1.165, 1.54) is 0 Å². The van der Waals surface area contributed by atoms with E-state index in [4.69, 9.17) is 9.47 Å². The van der Waals surface area contributed by atoms with Crippen molar-refractivity contribution in [2.45, 2.75) is 30.5 Å². The first-order valence-corrected chi connectivity index (χ1v) is 7.69. The Kier molecular flexibility index (Phi) is 3.05. The molecule has 2 heterocycles. The normalized spacial score (nSPS) is 26.3. The molecule has 2 aromatic carbocycles. The van der Waals surface area contributed by atoms with Gasteiger partial charge in [0.2, 0.25) is 0 Å².